The van der Waals surface area contributed by atoms with E-state index in [0.717, 1.165) is 24.4 Å². The second-order valence-corrected chi connectivity index (χ2v) is 4.71. The van der Waals surface area contributed by atoms with Gasteiger partial charge in [0, 0.05) is 24.0 Å². The van der Waals surface area contributed by atoms with Gasteiger partial charge in [-0.2, -0.15) is 4.98 Å². The monoisotopic (exact) mass is 265 g/mol. The molecule has 1 N–H and O–H groups in total. The zero-order valence-electron chi connectivity index (χ0n) is 10.3. The lowest BCUT2D eigenvalue weighted by atomic mass is 10.1. The molecule has 0 aliphatic rings. The fraction of sp³-hybridized carbons (Fsp3) is 0.385. The summed E-state index contributed by atoms with van der Waals surface area (Å²) in [7, 11) is 0. The lowest BCUT2D eigenvalue weighted by molar-refractivity contribution is 0.372. The molecule has 4 nitrogen and oxygen atoms in total. The molecule has 18 heavy (non-hydrogen) atoms. The van der Waals surface area contributed by atoms with E-state index in [-0.39, 0.29) is 0 Å². The van der Waals surface area contributed by atoms with Crippen LogP contribution in [0, 0.1) is 0 Å². The molecule has 0 fully saturated rings. The van der Waals surface area contributed by atoms with Crippen LogP contribution in [0.2, 0.25) is 5.02 Å². The minimum absolute atomic E-state index is 0.397. The van der Waals surface area contributed by atoms with Gasteiger partial charge in [0.2, 0.25) is 5.89 Å². The van der Waals surface area contributed by atoms with Crippen molar-refractivity contribution in [1.29, 1.82) is 0 Å². The molecular formula is C13H16ClN3O. The van der Waals surface area contributed by atoms with E-state index in [0.29, 0.717) is 11.9 Å². The van der Waals surface area contributed by atoms with E-state index in [1.807, 2.05) is 12.1 Å². The highest BCUT2D eigenvalue weighted by Crippen LogP contribution is 2.10. The molecule has 0 saturated carbocycles. The Morgan fingerprint density at radius 2 is 2.11 bits per heavy atom. The average Bonchev–Trinajstić information content (AvgIpc) is 2.85. The van der Waals surface area contributed by atoms with Gasteiger partial charge in [-0.3, -0.25) is 0 Å². The predicted octanol–water partition coefficient (Wildman–Crippen LogP) is 2.49. The van der Waals surface area contributed by atoms with Gasteiger partial charge in [-0.1, -0.05) is 28.9 Å². The smallest absolute Gasteiger partial charge is 0.227 e. The molecule has 1 atom stereocenters. The van der Waals surface area contributed by atoms with Gasteiger partial charge in [0.15, 0.2) is 6.33 Å². The number of rotatable bonds is 6. The van der Waals surface area contributed by atoms with E-state index in [4.69, 9.17) is 16.1 Å². The van der Waals surface area contributed by atoms with Crippen molar-refractivity contribution in [1.82, 2.24) is 15.5 Å². The number of hydrogen-bond donors (Lipinski definition) is 1. The highest BCUT2D eigenvalue weighted by Gasteiger charge is 2.04. The topological polar surface area (TPSA) is 51.0 Å². The fourth-order valence-electron chi connectivity index (χ4n) is 1.78. The SMILES string of the molecule is CC(Cc1ccc(Cl)cc1)NCCc1ncno1. The van der Waals surface area contributed by atoms with Crippen molar-refractivity contribution in [2.75, 3.05) is 6.54 Å². The molecule has 1 aromatic carbocycles. The van der Waals surface area contributed by atoms with Gasteiger partial charge in [-0.05, 0) is 31.0 Å². The summed E-state index contributed by atoms with van der Waals surface area (Å²) in [6.07, 6.45) is 3.15. The summed E-state index contributed by atoms with van der Waals surface area (Å²) in [4.78, 5) is 3.97. The number of nitrogens with one attached hydrogen (secondary N) is 1. The first-order chi connectivity index (χ1) is 8.74. The molecule has 0 bridgehead atoms. The zero-order valence-corrected chi connectivity index (χ0v) is 11.0. The number of hydrogen-bond acceptors (Lipinski definition) is 4. The zero-order chi connectivity index (χ0) is 12.8. The maximum atomic E-state index is 5.85. The quantitative estimate of drug-likeness (QED) is 0.872. The third-order valence-electron chi connectivity index (χ3n) is 2.69. The molecule has 0 aliphatic carbocycles. The third kappa shape index (κ3) is 4.13. The minimum atomic E-state index is 0.397. The van der Waals surface area contributed by atoms with E-state index in [9.17, 15) is 0 Å². The molecule has 0 spiro atoms. The van der Waals surface area contributed by atoms with Gasteiger partial charge in [0.1, 0.15) is 0 Å². The molecule has 2 rings (SSSR count). The van der Waals surface area contributed by atoms with Gasteiger partial charge < -0.3 is 9.84 Å². The maximum Gasteiger partial charge on any atom is 0.227 e. The largest absolute Gasteiger partial charge is 0.340 e. The highest BCUT2D eigenvalue weighted by molar-refractivity contribution is 6.30. The normalized spacial score (nSPS) is 12.6. The fourth-order valence-corrected chi connectivity index (χ4v) is 1.90. The highest BCUT2D eigenvalue weighted by atomic mass is 35.5. The standard InChI is InChI=1S/C13H16ClN3O/c1-10(8-11-2-4-12(14)5-3-11)15-7-6-13-16-9-17-18-13/h2-5,9-10,15H,6-8H2,1H3. The second-order valence-electron chi connectivity index (χ2n) is 4.27. The van der Waals surface area contributed by atoms with Gasteiger partial charge in [0.05, 0.1) is 0 Å². The molecule has 5 heteroatoms. The summed E-state index contributed by atoms with van der Waals surface area (Å²) in [5.41, 5.74) is 1.28. The molecule has 0 amide bonds. The van der Waals surface area contributed by atoms with Crippen molar-refractivity contribution in [2.24, 2.45) is 0 Å². The molecule has 0 saturated heterocycles. The van der Waals surface area contributed by atoms with Gasteiger partial charge in [0.25, 0.3) is 0 Å². The van der Waals surface area contributed by atoms with Crippen LogP contribution in [0.4, 0.5) is 0 Å². The van der Waals surface area contributed by atoms with Crippen LogP contribution in [0.15, 0.2) is 35.1 Å². The third-order valence-corrected chi connectivity index (χ3v) is 2.95. The van der Waals surface area contributed by atoms with Crippen molar-refractivity contribution in [3.8, 4) is 0 Å². The van der Waals surface area contributed by atoms with Gasteiger partial charge >= 0.3 is 0 Å². The van der Waals surface area contributed by atoms with Crippen LogP contribution in [0.1, 0.15) is 18.4 Å². The molecule has 0 aliphatic heterocycles. The summed E-state index contributed by atoms with van der Waals surface area (Å²) in [6, 6.07) is 8.34. The van der Waals surface area contributed by atoms with Crippen molar-refractivity contribution < 1.29 is 4.52 Å². The Hall–Kier alpha value is -1.39. The Balaban J connectivity index is 1.71. The molecule has 1 heterocycles. The number of halogens is 1. The van der Waals surface area contributed by atoms with Crippen LogP contribution < -0.4 is 5.32 Å². The van der Waals surface area contributed by atoms with Gasteiger partial charge in [-0.15, -0.1) is 0 Å². The number of benzene rings is 1. The van der Waals surface area contributed by atoms with E-state index in [1.165, 1.54) is 11.9 Å². The van der Waals surface area contributed by atoms with Crippen molar-refractivity contribution in [3.05, 3.63) is 47.1 Å². The molecule has 96 valence electrons. The van der Waals surface area contributed by atoms with Gasteiger partial charge in [-0.25, -0.2) is 0 Å². The Morgan fingerprint density at radius 1 is 1.33 bits per heavy atom. The first-order valence-electron chi connectivity index (χ1n) is 5.97. The maximum absolute atomic E-state index is 5.85. The molecule has 1 unspecified atom stereocenters. The summed E-state index contributed by atoms with van der Waals surface area (Å²) >= 11 is 5.85. The second kappa shape index (κ2) is 6.52. The van der Waals surface area contributed by atoms with E-state index in [1.54, 1.807) is 0 Å². The summed E-state index contributed by atoms with van der Waals surface area (Å²) in [5.74, 6) is 0.668. The Labute approximate surface area is 111 Å². The average molecular weight is 266 g/mol. The van der Waals surface area contributed by atoms with E-state index < -0.39 is 0 Å². The predicted molar refractivity (Wildman–Crippen MR) is 70.6 cm³/mol. The molecule has 0 radical (unpaired) electrons. The first kappa shape index (κ1) is 13.1. The minimum Gasteiger partial charge on any atom is -0.340 e. The lowest BCUT2D eigenvalue weighted by Gasteiger charge is -2.13. The van der Waals surface area contributed by atoms with Crippen molar-refractivity contribution in [3.63, 3.8) is 0 Å². The Morgan fingerprint density at radius 3 is 2.78 bits per heavy atom. The van der Waals surface area contributed by atoms with E-state index >= 15 is 0 Å². The number of nitrogens with zero attached hydrogens (tertiary/aromatic N) is 2. The van der Waals surface area contributed by atoms with Crippen LogP contribution in [-0.4, -0.2) is 22.7 Å². The van der Waals surface area contributed by atoms with Crippen LogP contribution in [0.25, 0.3) is 0 Å². The van der Waals surface area contributed by atoms with Crippen LogP contribution in [-0.2, 0) is 12.8 Å². The Kier molecular flexibility index (Phi) is 4.73. The molecule has 1 aromatic heterocycles. The number of aromatic nitrogens is 2. The molecule has 2 aromatic rings. The lowest BCUT2D eigenvalue weighted by Crippen LogP contribution is -2.30. The van der Waals surface area contributed by atoms with Crippen LogP contribution in [0.3, 0.4) is 0 Å². The van der Waals surface area contributed by atoms with Crippen LogP contribution >= 0.6 is 11.6 Å². The first-order valence-corrected chi connectivity index (χ1v) is 6.35. The molecular weight excluding hydrogens is 250 g/mol. The van der Waals surface area contributed by atoms with Crippen LogP contribution in [0.5, 0.6) is 0 Å². The summed E-state index contributed by atoms with van der Waals surface area (Å²) in [6.45, 7) is 2.99. The Bertz CT molecular complexity index is 456. The van der Waals surface area contributed by atoms with Crippen molar-refractivity contribution in [2.45, 2.75) is 25.8 Å². The summed E-state index contributed by atoms with van der Waals surface area (Å²) in [5, 5.41) is 7.77. The van der Waals surface area contributed by atoms with E-state index in [2.05, 4.69) is 34.5 Å². The van der Waals surface area contributed by atoms with Crippen molar-refractivity contribution >= 4 is 11.6 Å². The summed E-state index contributed by atoms with van der Waals surface area (Å²) < 4.78 is 4.93.